The van der Waals surface area contributed by atoms with Gasteiger partial charge in [-0.15, -0.1) is 0 Å². The van der Waals surface area contributed by atoms with Crippen LogP contribution in [0.25, 0.3) is 0 Å². The molecule has 27 heavy (non-hydrogen) atoms. The van der Waals surface area contributed by atoms with Crippen LogP contribution < -0.4 is 5.56 Å². The molecule has 1 saturated heterocycles. The molecule has 3 rings (SSSR count). The zero-order chi connectivity index (χ0) is 19.2. The second-order valence-electron chi connectivity index (χ2n) is 7.29. The highest BCUT2D eigenvalue weighted by Crippen LogP contribution is 2.19. The van der Waals surface area contributed by atoms with Gasteiger partial charge in [0.1, 0.15) is 5.82 Å². The SMILES string of the molecule is CN(CC1CCN(CCc2cccc(F)c2)CC1)C(=O)c1ccc(=O)[nH]c1. The number of amides is 1. The molecule has 1 N–H and O–H groups in total. The van der Waals surface area contributed by atoms with E-state index in [2.05, 4.69) is 9.88 Å². The highest BCUT2D eigenvalue weighted by atomic mass is 19.1. The van der Waals surface area contributed by atoms with Gasteiger partial charge in [0.2, 0.25) is 5.56 Å². The summed E-state index contributed by atoms with van der Waals surface area (Å²) in [6, 6.07) is 9.73. The van der Waals surface area contributed by atoms with Crippen molar-refractivity contribution in [3.8, 4) is 0 Å². The van der Waals surface area contributed by atoms with Gasteiger partial charge in [-0.05, 0) is 62.0 Å². The highest BCUT2D eigenvalue weighted by molar-refractivity contribution is 5.93. The van der Waals surface area contributed by atoms with Crippen LogP contribution in [0.2, 0.25) is 0 Å². The zero-order valence-electron chi connectivity index (χ0n) is 15.7. The molecule has 144 valence electrons. The van der Waals surface area contributed by atoms with E-state index in [0.29, 0.717) is 11.5 Å². The van der Waals surface area contributed by atoms with Crippen LogP contribution in [0.5, 0.6) is 0 Å². The van der Waals surface area contributed by atoms with Crippen molar-refractivity contribution in [1.82, 2.24) is 14.8 Å². The molecule has 2 heterocycles. The van der Waals surface area contributed by atoms with E-state index in [1.54, 1.807) is 23.1 Å². The van der Waals surface area contributed by atoms with Gasteiger partial charge in [0.15, 0.2) is 0 Å². The second kappa shape index (κ2) is 8.95. The molecule has 6 heteroatoms. The standard InChI is InChI=1S/C21H26FN3O2/c1-24(21(27)18-5-6-20(26)23-14-18)15-17-8-11-25(12-9-17)10-7-16-3-2-4-19(22)13-16/h2-6,13-14,17H,7-12,15H2,1H3,(H,23,26). The fourth-order valence-corrected chi connectivity index (χ4v) is 3.61. The van der Waals surface area contributed by atoms with Gasteiger partial charge in [-0.3, -0.25) is 9.59 Å². The van der Waals surface area contributed by atoms with Crippen molar-refractivity contribution in [2.24, 2.45) is 5.92 Å². The molecule has 0 atom stereocenters. The van der Waals surface area contributed by atoms with E-state index in [9.17, 15) is 14.0 Å². The summed E-state index contributed by atoms with van der Waals surface area (Å²) in [5.41, 5.74) is 1.33. The summed E-state index contributed by atoms with van der Waals surface area (Å²) in [6.07, 6.45) is 4.42. The molecule has 0 aliphatic carbocycles. The molecule has 0 saturated carbocycles. The Labute approximate surface area is 158 Å². The third-order valence-corrected chi connectivity index (χ3v) is 5.22. The predicted molar refractivity (Wildman–Crippen MR) is 103 cm³/mol. The Morgan fingerprint density at radius 1 is 1.26 bits per heavy atom. The Hall–Kier alpha value is -2.47. The topological polar surface area (TPSA) is 56.4 Å². The average Bonchev–Trinajstić information content (AvgIpc) is 2.67. The summed E-state index contributed by atoms with van der Waals surface area (Å²) in [6.45, 7) is 3.65. The third-order valence-electron chi connectivity index (χ3n) is 5.22. The maximum absolute atomic E-state index is 13.2. The van der Waals surface area contributed by atoms with E-state index < -0.39 is 0 Å². The molecular formula is C21H26FN3O2. The number of carbonyl (C=O) groups excluding carboxylic acids is 1. The molecule has 1 aromatic heterocycles. The number of halogens is 1. The van der Waals surface area contributed by atoms with Crippen molar-refractivity contribution in [3.05, 3.63) is 69.9 Å². The summed E-state index contributed by atoms with van der Waals surface area (Å²) >= 11 is 0. The molecule has 0 spiro atoms. The minimum atomic E-state index is -0.209. The lowest BCUT2D eigenvalue weighted by molar-refractivity contribution is 0.0740. The molecule has 1 aliphatic heterocycles. The first-order valence-corrected chi connectivity index (χ1v) is 9.42. The van der Waals surface area contributed by atoms with Gasteiger partial charge >= 0.3 is 0 Å². The summed E-state index contributed by atoms with van der Waals surface area (Å²) in [7, 11) is 1.81. The number of hydrogen-bond acceptors (Lipinski definition) is 3. The number of nitrogens with one attached hydrogen (secondary N) is 1. The van der Waals surface area contributed by atoms with Crippen LogP contribution in [0, 0.1) is 11.7 Å². The number of H-pyrrole nitrogens is 1. The number of hydrogen-bond donors (Lipinski definition) is 1. The van der Waals surface area contributed by atoms with Gasteiger partial charge in [0.05, 0.1) is 5.56 Å². The number of nitrogens with zero attached hydrogens (tertiary/aromatic N) is 2. The fourth-order valence-electron chi connectivity index (χ4n) is 3.61. The van der Waals surface area contributed by atoms with Crippen molar-refractivity contribution in [2.45, 2.75) is 19.3 Å². The first-order valence-electron chi connectivity index (χ1n) is 9.42. The predicted octanol–water partition coefficient (Wildman–Crippen LogP) is 2.54. The van der Waals surface area contributed by atoms with Gasteiger partial charge in [-0.25, -0.2) is 4.39 Å². The van der Waals surface area contributed by atoms with Gasteiger partial charge in [-0.2, -0.15) is 0 Å². The number of benzene rings is 1. The Morgan fingerprint density at radius 2 is 2.04 bits per heavy atom. The quantitative estimate of drug-likeness (QED) is 0.849. The monoisotopic (exact) mass is 371 g/mol. The van der Waals surface area contributed by atoms with E-state index in [-0.39, 0.29) is 17.3 Å². The van der Waals surface area contributed by atoms with E-state index >= 15 is 0 Å². The number of aromatic nitrogens is 1. The van der Waals surface area contributed by atoms with Crippen LogP contribution in [0.1, 0.15) is 28.8 Å². The second-order valence-corrected chi connectivity index (χ2v) is 7.29. The Kier molecular flexibility index (Phi) is 6.40. The van der Waals surface area contributed by atoms with Crippen LogP contribution >= 0.6 is 0 Å². The van der Waals surface area contributed by atoms with Crippen LogP contribution in [0.15, 0.2) is 47.4 Å². The van der Waals surface area contributed by atoms with Crippen LogP contribution in [0.4, 0.5) is 4.39 Å². The van der Waals surface area contributed by atoms with E-state index in [4.69, 9.17) is 0 Å². The molecular weight excluding hydrogens is 345 g/mol. The maximum Gasteiger partial charge on any atom is 0.255 e. The van der Waals surface area contributed by atoms with Crippen molar-refractivity contribution in [2.75, 3.05) is 33.2 Å². The Morgan fingerprint density at radius 3 is 2.70 bits per heavy atom. The van der Waals surface area contributed by atoms with Crippen LogP contribution in [-0.4, -0.2) is 53.9 Å². The molecule has 1 fully saturated rings. The van der Waals surface area contributed by atoms with Gasteiger partial charge < -0.3 is 14.8 Å². The largest absolute Gasteiger partial charge is 0.341 e. The summed E-state index contributed by atoms with van der Waals surface area (Å²) in [4.78, 5) is 30.2. The lowest BCUT2D eigenvalue weighted by Crippen LogP contribution is -2.40. The minimum absolute atomic E-state index is 0.0696. The van der Waals surface area contributed by atoms with E-state index in [1.165, 1.54) is 18.3 Å². The molecule has 5 nitrogen and oxygen atoms in total. The molecule has 1 amide bonds. The number of aromatic amines is 1. The first kappa shape index (κ1) is 19.3. The van der Waals surface area contributed by atoms with Gasteiger partial charge in [-0.1, -0.05) is 12.1 Å². The van der Waals surface area contributed by atoms with Gasteiger partial charge in [0, 0.05) is 32.4 Å². The van der Waals surface area contributed by atoms with Crippen molar-refractivity contribution in [3.63, 3.8) is 0 Å². The lowest BCUT2D eigenvalue weighted by atomic mass is 9.95. The van der Waals surface area contributed by atoms with Crippen molar-refractivity contribution < 1.29 is 9.18 Å². The summed E-state index contributed by atoms with van der Waals surface area (Å²) in [5, 5.41) is 0. The number of rotatable bonds is 6. The molecule has 0 unspecified atom stereocenters. The van der Waals surface area contributed by atoms with Crippen LogP contribution in [-0.2, 0) is 6.42 Å². The summed E-state index contributed by atoms with van der Waals surface area (Å²) in [5.74, 6) is 0.230. The average molecular weight is 371 g/mol. The summed E-state index contributed by atoms with van der Waals surface area (Å²) < 4.78 is 13.2. The Balaban J connectivity index is 1.43. The molecule has 1 aliphatic rings. The molecule has 0 bridgehead atoms. The number of piperidine rings is 1. The normalized spacial score (nSPS) is 15.6. The minimum Gasteiger partial charge on any atom is -0.341 e. The van der Waals surface area contributed by atoms with Gasteiger partial charge in [0.25, 0.3) is 5.91 Å². The molecule has 2 aromatic rings. The molecule has 0 radical (unpaired) electrons. The number of pyridine rings is 1. The van der Waals surface area contributed by atoms with Crippen molar-refractivity contribution in [1.29, 1.82) is 0 Å². The van der Waals surface area contributed by atoms with Crippen LogP contribution in [0.3, 0.4) is 0 Å². The third kappa shape index (κ3) is 5.50. The zero-order valence-corrected chi connectivity index (χ0v) is 15.7. The van der Waals surface area contributed by atoms with E-state index in [1.807, 2.05) is 13.1 Å². The fraction of sp³-hybridized carbons (Fsp3) is 0.429. The number of likely N-dealkylation sites (tertiary alicyclic amines) is 1. The number of carbonyl (C=O) groups is 1. The van der Waals surface area contributed by atoms with E-state index in [0.717, 1.165) is 51.0 Å². The maximum atomic E-state index is 13.2. The Bertz CT molecular complexity index is 808. The smallest absolute Gasteiger partial charge is 0.255 e. The van der Waals surface area contributed by atoms with Crippen molar-refractivity contribution >= 4 is 5.91 Å². The highest BCUT2D eigenvalue weighted by Gasteiger charge is 2.22. The first-order chi connectivity index (χ1) is 13.0. The molecule has 1 aromatic carbocycles. The lowest BCUT2D eigenvalue weighted by Gasteiger charge is -2.34.